The highest BCUT2D eigenvalue weighted by molar-refractivity contribution is 7.13. The predicted octanol–water partition coefficient (Wildman–Crippen LogP) is 1.39. The summed E-state index contributed by atoms with van der Waals surface area (Å²) in [6.45, 7) is 5.61. The number of anilines is 1. The van der Waals surface area contributed by atoms with Crippen LogP contribution in [0, 0.1) is 5.92 Å². The Morgan fingerprint density at radius 2 is 2.15 bits per heavy atom. The minimum absolute atomic E-state index is 0.226. The number of carbonyl (C=O) groups excluding carboxylic acids is 1. The van der Waals surface area contributed by atoms with Crippen molar-refractivity contribution >= 4 is 22.4 Å². The Morgan fingerprint density at radius 1 is 1.40 bits per heavy atom. The molecule has 1 aromatic rings. The number of nitrogens with zero attached hydrogens (tertiary/aromatic N) is 3. The number of piperazine rings is 1. The highest BCUT2D eigenvalue weighted by Crippen LogP contribution is 2.30. The normalized spacial score (nSPS) is 20.1. The molecule has 1 aromatic heterocycles. The first kappa shape index (κ1) is 13.8. The zero-order valence-electron chi connectivity index (χ0n) is 11.9. The van der Waals surface area contributed by atoms with Crippen molar-refractivity contribution in [2.75, 3.05) is 44.7 Å². The molecule has 2 fully saturated rings. The van der Waals surface area contributed by atoms with Crippen molar-refractivity contribution < 1.29 is 9.53 Å². The number of methoxy groups -OCH3 is 1. The standard InChI is InChI=1S/C14H21N3O2S/c1-19-13(18)8-12-10-20-14(15-12)17-6-4-16(5-7-17)9-11-2-3-11/h10-11H,2-9H2,1H3. The van der Waals surface area contributed by atoms with Crippen LogP contribution >= 0.6 is 11.3 Å². The molecule has 0 amide bonds. The fourth-order valence-electron chi connectivity index (χ4n) is 2.53. The van der Waals surface area contributed by atoms with E-state index in [-0.39, 0.29) is 12.4 Å². The van der Waals surface area contributed by atoms with Gasteiger partial charge >= 0.3 is 5.97 Å². The molecule has 0 radical (unpaired) electrons. The van der Waals surface area contributed by atoms with Gasteiger partial charge in [0.05, 0.1) is 19.2 Å². The van der Waals surface area contributed by atoms with Crippen LogP contribution in [0.1, 0.15) is 18.5 Å². The van der Waals surface area contributed by atoms with E-state index in [2.05, 4.69) is 19.5 Å². The van der Waals surface area contributed by atoms with Gasteiger partial charge in [-0.05, 0) is 18.8 Å². The number of esters is 1. The summed E-state index contributed by atoms with van der Waals surface area (Å²) >= 11 is 1.62. The van der Waals surface area contributed by atoms with E-state index in [1.54, 1.807) is 11.3 Å². The van der Waals surface area contributed by atoms with Gasteiger partial charge in [0.2, 0.25) is 0 Å². The molecule has 2 heterocycles. The van der Waals surface area contributed by atoms with Crippen LogP contribution in [0.4, 0.5) is 5.13 Å². The van der Waals surface area contributed by atoms with Crippen molar-refractivity contribution in [2.24, 2.45) is 5.92 Å². The number of rotatable bonds is 5. The Bertz CT molecular complexity index is 465. The minimum Gasteiger partial charge on any atom is -0.469 e. The first-order chi connectivity index (χ1) is 9.74. The fourth-order valence-corrected chi connectivity index (χ4v) is 3.41. The van der Waals surface area contributed by atoms with Crippen LogP contribution in [0.5, 0.6) is 0 Å². The lowest BCUT2D eigenvalue weighted by molar-refractivity contribution is -0.139. The molecule has 0 bridgehead atoms. The minimum atomic E-state index is -0.226. The SMILES string of the molecule is COC(=O)Cc1csc(N2CCN(CC3CC3)CC2)n1. The first-order valence-corrected chi connectivity index (χ1v) is 8.11. The molecule has 0 N–H and O–H groups in total. The van der Waals surface area contributed by atoms with Crippen molar-refractivity contribution in [3.8, 4) is 0 Å². The summed E-state index contributed by atoms with van der Waals surface area (Å²) in [5, 5.41) is 3.00. The second kappa shape index (κ2) is 6.10. The van der Waals surface area contributed by atoms with E-state index in [9.17, 15) is 4.79 Å². The van der Waals surface area contributed by atoms with Gasteiger partial charge in [0, 0.05) is 38.1 Å². The number of thiazole rings is 1. The Balaban J connectivity index is 1.50. The molecule has 3 rings (SSSR count). The third-order valence-electron chi connectivity index (χ3n) is 3.95. The highest BCUT2D eigenvalue weighted by atomic mass is 32.1. The topological polar surface area (TPSA) is 45.7 Å². The average molecular weight is 295 g/mol. The average Bonchev–Trinajstić information content (AvgIpc) is 3.16. The maximum Gasteiger partial charge on any atom is 0.311 e. The summed E-state index contributed by atoms with van der Waals surface area (Å²) in [4.78, 5) is 20.7. The van der Waals surface area contributed by atoms with Crippen LogP contribution in [0.2, 0.25) is 0 Å². The third-order valence-corrected chi connectivity index (χ3v) is 4.90. The van der Waals surface area contributed by atoms with Gasteiger partial charge < -0.3 is 9.64 Å². The quantitative estimate of drug-likeness (QED) is 0.768. The predicted molar refractivity (Wildman–Crippen MR) is 79.2 cm³/mol. The van der Waals surface area contributed by atoms with Gasteiger partial charge in [-0.25, -0.2) is 4.98 Å². The smallest absolute Gasteiger partial charge is 0.311 e. The van der Waals surface area contributed by atoms with Crippen molar-refractivity contribution in [3.05, 3.63) is 11.1 Å². The second-order valence-electron chi connectivity index (χ2n) is 5.61. The molecule has 0 unspecified atom stereocenters. The summed E-state index contributed by atoms with van der Waals surface area (Å²) in [5.41, 5.74) is 0.817. The molecule has 1 saturated carbocycles. The highest BCUT2D eigenvalue weighted by Gasteiger charge is 2.27. The van der Waals surface area contributed by atoms with E-state index >= 15 is 0 Å². The Labute approximate surface area is 123 Å². The van der Waals surface area contributed by atoms with Crippen LogP contribution < -0.4 is 4.90 Å². The van der Waals surface area contributed by atoms with Gasteiger partial charge in [-0.2, -0.15) is 0 Å². The molecule has 0 spiro atoms. The summed E-state index contributed by atoms with van der Waals surface area (Å²) in [6.07, 6.45) is 3.11. The van der Waals surface area contributed by atoms with Crippen molar-refractivity contribution in [2.45, 2.75) is 19.3 Å². The summed E-state index contributed by atoms with van der Waals surface area (Å²) in [5.74, 6) is 0.740. The molecule has 1 saturated heterocycles. The summed E-state index contributed by atoms with van der Waals surface area (Å²) in [6, 6.07) is 0. The van der Waals surface area contributed by atoms with E-state index in [0.717, 1.165) is 42.9 Å². The molecule has 1 aliphatic heterocycles. The number of carbonyl (C=O) groups is 1. The molecule has 2 aliphatic rings. The fraction of sp³-hybridized carbons (Fsp3) is 0.714. The number of aromatic nitrogens is 1. The lowest BCUT2D eigenvalue weighted by atomic mass is 10.3. The molecule has 6 heteroatoms. The molecule has 0 atom stereocenters. The Kier molecular flexibility index (Phi) is 4.21. The third kappa shape index (κ3) is 3.49. The van der Waals surface area contributed by atoms with Gasteiger partial charge in [0.15, 0.2) is 5.13 Å². The molecule has 110 valence electrons. The van der Waals surface area contributed by atoms with Crippen LogP contribution in [0.25, 0.3) is 0 Å². The maximum atomic E-state index is 11.2. The van der Waals surface area contributed by atoms with Crippen LogP contribution in [0.15, 0.2) is 5.38 Å². The molecule has 5 nitrogen and oxygen atoms in total. The van der Waals surface area contributed by atoms with Crippen molar-refractivity contribution in [3.63, 3.8) is 0 Å². The second-order valence-corrected chi connectivity index (χ2v) is 6.44. The Morgan fingerprint density at radius 3 is 2.80 bits per heavy atom. The Hall–Kier alpha value is -1.14. The number of ether oxygens (including phenoxy) is 1. The summed E-state index contributed by atoms with van der Waals surface area (Å²) < 4.78 is 4.67. The lowest BCUT2D eigenvalue weighted by Crippen LogP contribution is -2.47. The molecule has 0 aromatic carbocycles. The van der Waals surface area contributed by atoms with E-state index in [0.29, 0.717) is 0 Å². The zero-order valence-corrected chi connectivity index (χ0v) is 12.7. The van der Waals surface area contributed by atoms with Gasteiger partial charge in [0.1, 0.15) is 0 Å². The number of hydrogen-bond acceptors (Lipinski definition) is 6. The molecular formula is C14H21N3O2S. The molecular weight excluding hydrogens is 274 g/mol. The zero-order chi connectivity index (χ0) is 13.9. The summed E-state index contributed by atoms with van der Waals surface area (Å²) in [7, 11) is 1.41. The maximum absolute atomic E-state index is 11.2. The van der Waals surface area contributed by atoms with E-state index < -0.39 is 0 Å². The lowest BCUT2D eigenvalue weighted by Gasteiger charge is -2.34. The van der Waals surface area contributed by atoms with Crippen LogP contribution in [-0.4, -0.2) is 55.7 Å². The molecule has 1 aliphatic carbocycles. The van der Waals surface area contributed by atoms with Gasteiger partial charge in [-0.1, -0.05) is 0 Å². The van der Waals surface area contributed by atoms with Gasteiger partial charge in [-0.3, -0.25) is 9.69 Å². The van der Waals surface area contributed by atoms with E-state index in [1.807, 2.05) is 5.38 Å². The van der Waals surface area contributed by atoms with E-state index in [1.165, 1.54) is 26.5 Å². The largest absolute Gasteiger partial charge is 0.469 e. The van der Waals surface area contributed by atoms with Crippen LogP contribution in [-0.2, 0) is 16.0 Å². The van der Waals surface area contributed by atoms with Gasteiger partial charge in [-0.15, -0.1) is 11.3 Å². The van der Waals surface area contributed by atoms with E-state index in [4.69, 9.17) is 0 Å². The van der Waals surface area contributed by atoms with Crippen molar-refractivity contribution in [1.82, 2.24) is 9.88 Å². The monoisotopic (exact) mass is 295 g/mol. The molecule has 20 heavy (non-hydrogen) atoms. The van der Waals surface area contributed by atoms with Crippen molar-refractivity contribution in [1.29, 1.82) is 0 Å². The first-order valence-electron chi connectivity index (χ1n) is 7.23. The number of hydrogen-bond donors (Lipinski definition) is 0. The van der Waals surface area contributed by atoms with Gasteiger partial charge in [0.25, 0.3) is 0 Å². The van der Waals surface area contributed by atoms with Crippen LogP contribution in [0.3, 0.4) is 0 Å².